The van der Waals surface area contributed by atoms with Crippen LogP contribution < -0.4 is 5.32 Å². The summed E-state index contributed by atoms with van der Waals surface area (Å²) in [5.41, 5.74) is 1.32. The molecule has 0 radical (unpaired) electrons. The molecule has 0 spiro atoms. The lowest BCUT2D eigenvalue weighted by molar-refractivity contribution is -0.141. The van der Waals surface area contributed by atoms with Gasteiger partial charge in [0.15, 0.2) is 0 Å². The molecule has 4 nitrogen and oxygen atoms in total. The fourth-order valence-corrected chi connectivity index (χ4v) is 3.98. The van der Waals surface area contributed by atoms with E-state index < -0.39 is 17.8 Å². The van der Waals surface area contributed by atoms with Crippen LogP contribution in [0.2, 0.25) is 5.02 Å². The highest BCUT2D eigenvalue weighted by atomic mass is 35.5. The van der Waals surface area contributed by atoms with Crippen molar-refractivity contribution in [3.8, 4) is 11.3 Å². The number of amides is 1. The average Bonchev–Trinajstić information content (AvgIpc) is 3.39. The summed E-state index contributed by atoms with van der Waals surface area (Å²) < 4.78 is 42.9. The predicted molar refractivity (Wildman–Crippen MR) is 102 cm³/mol. The zero-order valence-electron chi connectivity index (χ0n) is 14.3. The molecule has 0 saturated heterocycles. The molecule has 1 N–H and O–H groups in total. The molecule has 0 bridgehead atoms. The van der Waals surface area contributed by atoms with Crippen LogP contribution in [0.3, 0.4) is 0 Å². The number of hydrogen-bond donors (Lipinski definition) is 1. The summed E-state index contributed by atoms with van der Waals surface area (Å²) >= 11 is 7.11. The SMILES string of the molecule is O=C(Nc1ccnc(C(F)(F)F)c1)c1snc(-c2cccc(Cl)c2)c1C1CC1. The standard InChI is InChI=1S/C19H13ClF3N3OS/c20-12-3-1-2-11(8-12)16-15(10-4-5-10)17(28-26-16)18(27)25-13-6-7-24-14(9-13)19(21,22)23/h1-3,6-10H,4-5H2,(H,24,25,27). The second-order valence-electron chi connectivity index (χ2n) is 6.44. The van der Waals surface area contributed by atoms with Gasteiger partial charge in [-0.2, -0.15) is 17.5 Å². The highest BCUT2D eigenvalue weighted by molar-refractivity contribution is 7.08. The van der Waals surface area contributed by atoms with E-state index in [0.29, 0.717) is 15.6 Å². The summed E-state index contributed by atoms with van der Waals surface area (Å²) in [5.74, 6) is -0.260. The summed E-state index contributed by atoms with van der Waals surface area (Å²) in [6.07, 6.45) is -1.67. The number of nitrogens with one attached hydrogen (secondary N) is 1. The maximum atomic E-state index is 12.8. The van der Waals surface area contributed by atoms with E-state index in [4.69, 9.17) is 11.6 Å². The summed E-state index contributed by atoms with van der Waals surface area (Å²) in [6.45, 7) is 0. The molecule has 0 atom stereocenters. The van der Waals surface area contributed by atoms with Gasteiger partial charge in [0, 0.05) is 28.0 Å². The van der Waals surface area contributed by atoms with Gasteiger partial charge in [-0.15, -0.1) is 0 Å². The van der Waals surface area contributed by atoms with Gasteiger partial charge >= 0.3 is 6.18 Å². The molecule has 144 valence electrons. The minimum absolute atomic E-state index is 0.0341. The van der Waals surface area contributed by atoms with Crippen molar-refractivity contribution in [2.75, 3.05) is 5.32 Å². The molecular weight excluding hydrogens is 411 g/mol. The normalized spacial score (nSPS) is 14.1. The van der Waals surface area contributed by atoms with E-state index in [1.165, 1.54) is 6.07 Å². The van der Waals surface area contributed by atoms with Crippen LogP contribution in [0.5, 0.6) is 0 Å². The lowest BCUT2D eigenvalue weighted by Crippen LogP contribution is -2.14. The summed E-state index contributed by atoms with van der Waals surface area (Å²) in [4.78, 5) is 16.5. The number of anilines is 1. The van der Waals surface area contributed by atoms with Crippen molar-refractivity contribution < 1.29 is 18.0 Å². The minimum Gasteiger partial charge on any atom is -0.321 e. The van der Waals surface area contributed by atoms with Gasteiger partial charge in [0.2, 0.25) is 0 Å². The van der Waals surface area contributed by atoms with E-state index in [2.05, 4.69) is 14.7 Å². The molecule has 0 unspecified atom stereocenters. The first-order valence-corrected chi connectivity index (χ1v) is 9.58. The third-order valence-electron chi connectivity index (χ3n) is 4.33. The molecule has 0 aliphatic heterocycles. The van der Waals surface area contributed by atoms with Crippen molar-refractivity contribution >= 4 is 34.7 Å². The number of pyridine rings is 1. The van der Waals surface area contributed by atoms with Crippen LogP contribution in [0.1, 0.15) is 39.7 Å². The Bertz CT molecular complexity index is 1050. The molecule has 1 aliphatic carbocycles. The Labute approximate surface area is 167 Å². The van der Waals surface area contributed by atoms with E-state index in [0.717, 1.165) is 47.8 Å². The molecule has 1 saturated carbocycles. The molecule has 2 aromatic heterocycles. The lowest BCUT2D eigenvalue weighted by Gasteiger charge is -2.09. The lowest BCUT2D eigenvalue weighted by atomic mass is 10.0. The van der Waals surface area contributed by atoms with Gasteiger partial charge in [-0.1, -0.05) is 23.7 Å². The summed E-state index contributed by atoms with van der Waals surface area (Å²) in [7, 11) is 0. The quantitative estimate of drug-likeness (QED) is 0.559. The molecule has 1 aliphatic rings. The van der Waals surface area contributed by atoms with Crippen molar-refractivity contribution in [2.24, 2.45) is 0 Å². The average molecular weight is 424 g/mol. The third kappa shape index (κ3) is 3.88. The third-order valence-corrected chi connectivity index (χ3v) is 5.42. The Morgan fingerprint density at radius 1 is 1.21 bits per heavy atom. The van der Waals surface area contributed by atoms with Crippen LogP contribution >= 0.6 is 23.1 Å². The van der Waals surface area contributed by atoms with E-state index >= 15 is 0 Å². The van der Waals surface area contributed by atoms with E-state index in [9.17, 15) is 18.0 Å². The molecule has 9 heteroatoms. The Morgan fingerprint density at radius 3 is 2.68 bits per heavy atom. The Kier molecular flexibility index (Phi) is 4.84. The molecule has 1 fully saturated rings. The first-order chi connectivity index (χ1) is 13.3. The van der Waals surface area contributed by atoms with Crippen LogP contribution in [0.15, 0.2) is 42.6 Å². The molecular formula is C19H13ClF3N3OS. The second kappa shape index (κ2) is 7.18. The Morgan fingerprint density at radius 2 is 2.00 bits per heavy atom. The summed E-state index contributed by atoms with van der Waals surface area (Å²) in [6, 6.07) is 9.35. The van der Waals surface area contributed by atoms with Crippen LogP contribution in [0.25, 0.3) is 11.3 Å². The maximum Gasteiger partial charge on any atom is 0.433 e. The van der Waals surface area contributed by atoms with Gasteiger partial charge < -0.3 is 5.32 Å². The monoisotopic (exact) mass is 423 g/mol. The van der Waals surface area contributed by atoms with Crippen LogP contribution in [0.4, 0.5) is 18.9 Å². The number of nitrogens with zero attached hydrogens (tertiary/aromatic N) is 2. The Hall–Kier alpha value is -2.45. The van der Waals surface area contributed by atoms with Crippen LogP contribution in [-0.2, 0) is 6.18 Å². The van der Waals surface area contributed by atoms with Gasteiger partial charge in [-0.05, 0) is 54.6 Å². The van der Waals surface area contributed by atoms with E-state index in [1.54, 1.807) is 12.1 Å². The minimum atomic E-state index is -4.58. The first-order valence-electron chi connectivity index (χ1n) is 8.43. The molecule has 4 rings (SSSR count). The van der Waals surface area contributed by atoms with Crippen LogP contribution in [-0.4, -0.2) is 15.3 Å². The smallest absolute Gasteiger partial charge is 0.321 e. The zero-order chi connectivity index (χ0) is 19.9. The number of hydrogen-bond acceptors (Lipinski definition) is 4. The number of carbonyl (C=O) groups is 1. The number of alkyl halides is 3. The topological polar surface area (TPSA) is 54.9 Å². The number of benzene rings is 1. The molecule has 28 heavy (non-hydrogen) atoms. The molecule has 1 aromatic carbocycles. The van der Waals surface area contributed by atoms with Gasteiger partial charge in [0.1, 0.15) is 10.6 Å². The Balaban J connectivity index is 1.66. The molecule has 2 heterocycles. The van der Waals surface area contributed by atoms with Crippen LogP contribution in [0, 0.1) is 0 Å². The number of aromatic nitrogens is 2. The van der Waals surface area contributed by atoms with Gasteiger partial charge in [-0.25, -0.2) is 0 Å². The summed E-state index contributed by atoms with van der Waals surface area (Å²) in [5, 5.41) is 3.10. The first kappa shape index (κ1) is 18.9. The van der Waals surface area contributed by atoms with Crippen molar-refractivity contribution in [1.82, 2.24) is 9.36 Å². The van der Waals surface area contributed by atoms with Gasteiger partial charge in [0.25, 0.3) is 5.91 Å². The largest absolute Gasteiger partial charge is 0.433 e. The molecule has 3 aromatic rings. The van der Waals surface area contributed by atoms with Crippen molar-refractivity contribution in [3.63, 3.8) is 0 Å². The second-order valence-corrected chi connectivity index (χ2v) is 7.65. The number of carbonyl (C=O) groups excluding carboxylic acids is 1. The molecule has 1 amide bonds. The zero-order valence-corrected chi connectivity index (χ0v) is 15.8. The van der Waals surface area contributed by atoms with Crippen molar-refractivity contribution in [1.29, 1.82) is 0 Å². The van der Waals surface area contributed by atoms with Crippen molar-refractivity contribution in [2.45, 2.75) is 24.9 Å². The van der Waals surface area contributed by atoms with E-state index in [1.807, 2.05) is 12.1 Å². The fourth-order valence-electron chi connectivity index (χ4n) is 2.91. The van der Waals surface area contributed by atoms with Crippen molar-refractivity contribution in [3.05, 3.63) is 63.8 Å². The highest BCUT2D eigenvalue weighted by Gasteiger charge is 2.35. The maximum absolute atomic E-state index is 12.8. The van der Waals surface area contributed by atoms with E-state index in [-0.39, 0.29) is 11.6 Å². The fraction of sp³-hybridized carbons (Fsp3) is 0.211. The van der Waals surface area contributed by atoms with Gasteiger partial charge in [-0.3, -0.25) is 9.78 Å². The predicted octanol–water partition coefficient (Wildman–Crippen LogP) is 6.01. The number of rotatable bonds is 4. The number of halogens is 4. The van der Waals surface area contributed by atoms with Gasteiger partial charge in [0.05, 0.1) is 5.69 Å². The highest BCUT2D eigenvalue weighted by Crippen LogP contribution is 2.47.